The average molecular weight is 824 g/mol. The SMILES string of the molecule is P.[Cl-].[Cl-].[Cu+].[Cu+].[Cu+].[Cu+].[I-].c1cc[c]([Pd-]([c]2ccccc2)[c]2ccccc2)cc1. The van der Waals surface area contributed by atoms with Crippen molar-refractivity contribution in [3.05, 3.63) is 91.0 Å². The molecule has 170 valence electrons. The van der Waals surface area contributed by atoms with Gasteiger partial charge in [0, 0.05) is 0 Å². The van der Waals surface area contributed by atoms with Gasteiger partial charge in [-0.2, -0.15) is 9.90 Å². The summed E-state index contributed by atoms with van der Waals surface area (Å²) in [6.45, 7) is 0. The van der Waals surface area contributed by atoms with Gasteiger partial charge in [-0.1, -0.05) is 0 Å². The molecule has 0 saturated carbocycles. The summed E-state index contributed by atoms with van der Waals surface area (Å²) in [7, 11) is 0. The van der Waals surface area contributed by atoms with Crippen LogP contribution in [0.15, 0.2) is 91.0 Å². The molecule has 3 aromatic rings. The maximum absolute atomic E-state index is 2.25. The minimum absolute atomic E-state index is 0. The van der Waals surface area contributed by atoms with E-state index in [0.717, 1.165) is 0 Å². The Bertz CT molecular complexity index is 561. The van der Waals surface area contributed by atoms with E-state index in [1.165, 1.54) is 12.1 Å². The molecule has 0 N–H and O–H groups in total. The van der Waals surface area contributed by atoms with Gasteiger partial charge in [0.15, 0.2) is 0 Å². The Hall–Kier alpha value is 2.14. The molecule has 0 aliphatic heterocycles. The molecule has 0 aliphatic rings. The first kappa shape index (κ1) is 43.1. The van der Waals surface area contributed by atoms with Crippen molar-refractivity contribution < 1.29 is 134 Å². The van der Waals surface area contributed by atoms with Gasteiger partial charge in [0.25, 0.3) is 0 Å². The van der Waals surface area contributed by atoms with Crippen molar-refractivity contribution in [2.75, 3.05) is 0 Å². The Labute approximate surface area is 243 Å². The number of halogens is 3. The molecule has 0 heterocycles. The van der Waals surface area contributed by atoms with E-state index < -0.39 is 16.8 Å². The first-order valence-electron chi connectivity index (χ1n) is 6.21. The first-order valence-corrected chi connectivity index (χ1v) is 8.54. The van der Waals surface area contributed by atoms with Gasteiger partial charge in [-0.05, 0) is 0 Å². The molecular formula is C18H18Cl2Cu4IPPd. The van der Waals surface area contributed by atoms with Crippen LogP contribution in [0.2, 0.25) is 0 Å². The van der Waals surface area contributed by atoms with Crippen molar-refractivity contribution in [3.63, 3.8) is 0 Å². The van der Waals surface area contributed by atoms with Gasteiger partial charge in [0.05, 0.1) is 0 Å². The zero-order valence-electron chi connectivity index (χ0n) is 13.5. The van der Waals surface area contributed by atoms with Crippen molar-refractivity contribution in [2.45, 2.75) is 0 Å². The van der Waals surface area contributed by atoms with Crippen LogP contribution < -0.4 is 60.9 Å². The van der Waals surface area contributed by atoms with E-state index in [0.29, 0.717) is 0 Å². The normalized spacial score (nSPS) is 7.78. The van der Waals surface area contributed by atoms with Gasteiger partial charge in [-0.3, -0.25) is 0 Å². The van der Waals surface area contributed by atoms with Crippen molar-refractivity contribution >= 4 is 22.0 Å². The van der Waals surface area contributed by atoms with E-state index in [2.05, 4.69) is 91.0 Å². The van der Waals surface area contributed by atoms with Crippen molar-refractivity contribution in [3.8, 4) is 0 Å². The number of rotatable bonds is 3. The van der Waals surface area contributed by atoms with Gasteiger partial charge in [0.2, 0.25) is 0 Å². The third-order valence-corrected chi connectivity index (χ3v) is 6.93. The maximum atomic E-state index is 2.25. The average Bonchev–Trinajstić information content (AvgIpc) is 2.51. The summed E-state index contributed by atoms with van der Waals surface area (Å²) >= 11 is -1.05. The minimum atomic E-state index is -1.05. The third-order valence-electron chi connectivity index (χ3n) is 2.69. The molecule has 0 saturated heterocycles. The summed E-state index contributed by atoms with van der Waals surface area (Å²) in [6.07, 6.45) is 0. The summed E-state index contributed by atoms with van der Waals surface area (Å²) in [5, 5.41) is 0. The molecule has 0 bridgehead atoms. The van der Waals surface area contributed by atoms with Gasteiger partial charge in [-0.25, -0.2) is 0 Å². The topological polar surface area (TPSA) is 0 Å². The summed E-state index contributed by atoms with van der Waals surface area (Å²) in [5.41, 5.74) is 0. The second kappa shape index (κ2) is 24.4. The van der Waals surface area contributed by atoms with Crippen LogP contribution in [0.1, 0.15) is 0 Å². The van der Waals surface area contributed by atoms with E-state index in [9.17, 15) is 0 Å². The predicted molar refractivity (Wildman–Crippen MR) is 89.3 cm³/mol. The van der Waals surface area contributed by atoms with E-state index in [1.807, 2.05) is 0 Å². The number of hydrogen-bond acceptors (Lipinski definition) is 0. The quantitative estimate of drug-likeness (QED) is 0.140. The Morgan fingerprint density at radius 3 is 0.778 bits per heavy atom. The first-order chi connectivity index (χ1) is 9.45. The van der Waals surface area contributed by atoms with Crippen LogP contribution in [0.3, 0.4) is 0 Å². The van der Waals surface area contributed by atoms with Crippen LogP contribution >= 0.6 is 9.90 Å². The molecule has 9 heteroatoms. The van der Waals surface area contributed by atoms with Crippen LogP contribution in [0.4, 0.5) is 0 Å². The molecular weight excluding hydrogens is 806 g/mol. The molecule has 0 amide bonds. The number of benzene rings is 3. The Kier molecular flexibility index (Phi) is 39.0. The van der Waals surface area contributed by atoms with Crippen LogP contribution in [0.5, 0.6) is 0 Å². The summed E-state index contributed by atoms with van der Waals surface area (Å²) < 4.78 is 4.35. The third kappa shape index (κ3) is 13.2. The molecule has 3 aromatic carbocycles. The van der Waals surface area contributed by atoms with Gasteiger partial charge >= 0.3 is 188 Å². The molecule has 0 fully saturated rings. The van der Waals surface area contributed by atoms with Crippen LogP contribution in [0.25, 0.3) is 0 Å². The van der Waals surface area contributed by atoms with E-state index in [4.69, 9.17) is 0 Å². The van der Waals surface area contributed by atoms with E-state index in [1.54, 1.807) is 0 Å². The molecule has 0 radical (unpaired) electrons. The van der Waals surface area contributed by atoms with Gasteiger partial charge < -0.3 is 48.8 Å². The zero-order valence-corrected chi connectivity index (χ0v) is 23.9. The fourth-order valence-electron chi connectivity index (χ4n) is 1.84. The molecule has 1 unspecified atom stereocenters. The van der Waals surface area contributed by atoms with Crippen molar-refractivity contribution in [2.24, 2.45) is 0 Å². The fourth-order valence-corrected chi connectivity index (χ4v) is 5.85. The standard InChI is InChI=1S/3C6H5.2ClH.4Cu.HI.H3P.Pd/c3*1-2-4-6-5-3-1;;;;;;;;;/h3*1-5H;2*1H;;;;;1H;1H3;/q;;;;;4*+1;;;-1/p-3. The van der Waals surface area contributed by atoms with Gasteiger partial charge in [-0.15, -0.1) is 0 Å². The fraction of sp³-hybridized carbons (Fsp3) is 0. The van der Waals surface area contributed by atoms with Crippen molar-refractivity contribution in [1.82, 2.24) is 0 Å². The molecule has 3 rings (SSSR count). The molecule has 27 heavy (non-hydrogen) atoms. The Morgan fingerprint density at radius 2 is 0.593 bits per heavy atom. The summed E-state index contributed by atoms with van der Waals surface area (Å²) in [6, 6.07) is 32.6. The molecule has 0 nitrogen and oxygen atoms in total. The van der Waals surface area contributed by atoms with E-state index >= 15 is 0 Å². The van der Waals surface area contributed by atoms with Gasteiger partial charge in [0.1, 0.15) is 0 Å². The zero-order chi connectivity index (χ0) is 12.9. The summed E-state index contributed by atoms with van der Waals surface area (Å²) in [4.78, 5) is 0. The predicted octanol–water partition coefficient (Wildman–Crippen LogP) is -6.36. The second-order valence-electron chi connectivity index (χ2n) is 4.02. The van der Waals surface area contributed by atoms with Crippen LogP contribution in [0, 0.1) is 0 Å². The molecule has 1 atom stereocenters. The van der Waals surface area contributed by atoms with Crippen LogP contribution in [-0.4, -0.2) is 0 Å². The Balaban J connectivity index is -0.000000138. The molecule has 0 aromatic heterocycles. The van der Waals surface area contributed by atoms with E-state index in [-0.39, 0.29) is 127 Å². The monoisotopic (exact) mass is 820 g/mol. The molecule has 0 aliphatic carbocycles. The van der Waals surface area contributed by atoms with Crippen LogP contribution in [-0.2, 0) is 85.0 Å². The number of hydrogen-bond donors (Lipinski definition) is 0. The second-order valence-corrected chi connectivity index (χ2v) is 7.88. The van der Waals surface area contributed by atoms with Crippen molar-refractivity contribution in [1.29, 1.82) is 0 Å². The Morgan fingerprint density at radius 1 is 0.407 bits per heavy atom. The summed E-state index contributed by atoms with van der Waals surface area (Å²) in [5.74, 6) is 0. The molecule has 0 spiro atoms.